The third-order valence-electron chi connectivity index (χ3n) is 4.80. The molecule has 1 rings (SSSR count). The van der Waals surface area contributed by atoms with Crippen LogP contribution >= 0.6 is 0 Å². The fraction of sp³-hybridized carbons (Fsp3) is 0.667. The lowest BCUT2D eigenvalue weighted by atomic mass is 9.67. The van der Waals surface area contributed by atoms with Crippen LogP contribution in [0.4, 0.5) is 0 Å². The molecular weight excluding hydrogens is 274 g/mol. The summed E-state index contributed by atoms with van der Waals surface area (Å²) in [7, 11) is 0. The largest absolute Gasteiger partial charge is 0.508 e. The van der Waals surface area contributed by atoms with E-state index in [1.54, 1.807) is 6.07 Å². The number of nitrogens with two attached hydrogens (primary N) is 3. The normalized spacial score (nSPS) is 13.5. The summed E-state index contributed by atoms with van der Waals surface area (Å²) in [6.07, 6.45) is 0. The van der Waals surface area contributed by atoms with Crippen LogP contribution in [0.1, 0.15) is 58.2 Å². The SMILES string of the molecule is CC(C)(CN)c1ccc(O)c(C(C)(C)CN)c1C(C)(C)CN. The summed E-state index contributed by atoms with van der Waals surface area (Å²) in [5.41, 5.74) is 20.3. The zero-order valence-corrected chi connectivity index (χ0v) is 15.0. The molecule has 0 aromatic heterocycles. The standard InChI is InChI=1S/C18H33N3O/c1-16(2,9-19)12-7-8-13(22)15(18(5,6)11-21)14(12)17(3,4)10-20/h7-8,22H,9-11,19-21H2,1-6H3. The van der Waals surface area contributed by atoms with Gasteiger partial charge in [-0.3, -0.25) is 0 Å². The van der Waals surface area contributed by atoms with E-state index in [1.165, 1.54) is 0 Å². The lowest BCUT2D eigenvalue weighted by Crippen LogP contribution is -2.40. The minimum Gasteiger partial charge on any atom is -0.508 e. The molecule has 0 atom stereocenters. The maximum Gasteiger partial charge on any atom is 0.119 e. The molecule has 22 heavy (non-hydrogen) atoms. The Morgan fingerprint density at radius 2 is 1.14 bits per heavy atom. The maximum atomic E-state index is 10.6. The van der Waals surface area contributed by atoms with Gasteiger partial charge in [0.05, 0.1) is 0 Å². The molecule has 0 amide bonds. The van der Waals surface area contributed by atoms with Gasteiger partial charge >= 0.3 is 0 Å². The van der Waals surface area contributed by atoms with Crippen LogP contribution in [0.15, 0.2) is 12.1 Å². The van der Waals surface area contributed by atoms with Gasteiger partial charge in [0.1, 0.15) is 5.75 Å². The molecule has 0 aliphatic rings. The first-order chi connectivity index (χ1) is 9.94. The number of rotatable bonds is 6. The van der Waals surface area contributed by atoms with E-state index in [9.17, 15) is 5.11 Å². The molecule has 4 nitrogen and oxygen atoms in total. The Morgan fingerprint density at radius 3 is 1.55 bits per heavy atom. The van der Waals surface area contributed by atoms with Crippen molar-refractivity contribution in [2.45, 2.75) is 57.8 Å². The summed E-state index contributed by atoms with van der Waals surface area (Å²) < 4.78 is 0. The zero-order valence-electron chi connectivity index (χ0n) is 15.0. The molecule has 4 heteroatoms. The third kappa shape index (κ3) is 3.29. The Bertz CT molecular complexity index is 533. The van der Waals surface area contributed by atoms with E-state index in [2.05, 4.69) is 41.5 Å². The van der Waals surface area contributed by atoms with Crippen LogP contribution < -0.4 is 17.2 Å². The predicted octanol–water partition coefficient (Wildman–Crippen LogP) is 2.10. The van der Waals surface area contributed by atoms with Gasteiger partial charge < -0.3 is 22.3 Å². The van der Waals surface area contributed by atoms with E-state index in [-0.39, 0.29) is 22.0 Å². The van der Waals surface area contributed by atoms with Crippen LogP contribution in [-0.4, -0.2) is 24.7 Å². The van der Waals surface area contributed by atoms with Gasteiger partial charge in [-0.15, -0.1) is 0 Å². The second kappa shape index (κ2) is 6.19. The van der Waals surface area contributed by atoms with Crippen molar-refractivity contribution in [2.75, 3.05) is 19.6 Å². The van der Waals surface area contributed by atoms with Crippen molar-refractivity contribution in [2.24, 2.45) is 17.2 Å². The smallest absolute Gasteiger partial charge is 0.119 e. The number of hydrogen-bond donors (Lipinski definition) is 4. The van der Waals surface area contributed by atoms with Gasteiger partial charge in [-0.2, -0.15) is 0 Å². The molecule has 0 bridgehead atoms. The molecule has 0 aliphatic carbocycles. The van der Waals surface area contributed by atoms with Crippen molar-refractivity contribution in [3.8, 4) is 5.75 Å². The average molecular weight is 307 g/mol. The molecule has 0 aliphatic heterocycles. The number of benzene rings is 1. The van der Waals surface area contributed by atoms with Gasteiger partial charge in [0, 0.05) is 41.4 Å². The first-order valence-corrected chi connectivity index (χ1v) is 7.92. The van der Waals surface area contributed by atoms with E-state index in [1.807, 2.05) is 6.07 Å². The number of phenolic OH excluding ortho intramolecular Hbond substituents is 1. The van der Waals surface area contributed by atoms with E-state index in [4.69, 9.17) is 17.2 Å². The van der Waals surface area contributed by atoms with Crippen molar-refractivity contribution in [1.82, 2.24) is 0 Å². The third-order valence-corrected chi connectivity index (χ3v) is 4.80. The highest BCUT2D eigenvalue weighted by Crippen LogP contribution is 2.44. The van der Waals surface area contributed by atoms with Crippen molar-refractivity contribution >= 4 is 0 Å². The number of aromatic hydroxyl groups is 1. The summed E-state index contributed by atoms with van der Waals surface area (Å²) in [5, 5.41) is 10.6. The minimum atomic E-state index is -0.341. The number of phenols is 1. The molecular formula is C18H33N3O. The fourth-order valence-electron chi connectivity index (χ4n) is 2.86. The summed E-state index contributed by atoms with van der Waals surface area (Å²) in [5.74, 6) is 0.281. The quantitative estimate of drug-likeness (QED) is 0.647. The van der Waals surface area contributed by atoms with E-state index < -0.39 is 0 Å². The van der Waals surface area contributed by atoms with E-state index in [0.29, 0.717) is 19.6 Å². The Hall–Kier alpha value is -1.10. The Kier molecular flexibility index (Phi) is 5.33. The van der Waals surface area contributed by atoms with Gasteiger partial charge in [-0.1, -0.05) is 47.6 Å². The van der Waals surface area contributed by atoms with Crippen molar-refractivity contribution in [1.29, 1.82) is 0 Å². The van der Waals surface area contributed by atoms with Crippen molar-refractivity contribution in [3.63, 3.8) is 0 Å². The van der Waals surface area contributed by atoms with Gasteiger partial charge in [0.2, 0.25) is 0 Å². The van der Waals surface area contributed by atoms with Crippen LogP contribution in [0.25, 0.3) is 0 Å². The Morgan fingerprint density at radius 1 is 0.727 bits per heavy atom. The monoisotopic (exact) mass is 307 g/mol. The summed E-state index contributed by atoms with van der Waals surface area (Å²) in [4.78, 5) is 0. The second-order valence-electron chi connectivity index (χ2n) is 8.15. The lowest BCUT2D eigenvalue weighted by molar-refractivity contribution is 0.412. The van der Waals surface area contributed by atoms with Crippen LogP contribution in [0.3, 0.4) is 0 Å². The van der Waals surface area contributed by atoms with Gasteiger partial charge in [0.15, 0.2) is 0 Å². The first-order valence-electron chi connectivity index (χ1n) is 7.92. The lowest BCUT2D eigenvalue weighted by Gasteiger charge is -2.39. The topological polar surface area (TPSA) is 98.3 Å². The molecule has 0 fully saturated rings. The van der Waals surface area contributed by atoms with E-state index in [0.717, 1.165) is 16.7 Å². The Balaban J connectivity index is 3.88. The second-order valence-corrected chi connectivity index (χ2v) is 8.15. The highest BCUT2D eigenvalue weighted by Gasteiger charge is 2.37. The summed E-state index contributed by atoms with van der Waals surface area (Å²) in [6, 6.07) is 3.74. The van der Waals surface area contributed by atoms with Gasteiger partial charge in [-0.25, -0.2) is 0 Å². The number of hydrogen-bond acceptors (Lipinski definition) is 4. The molecule has 0 saturated carbocycles. The molecule has 0 saturated heterocycles. The average Bonchev–Trinajstić information content (AvgIpc) is 2.46. The van der Waals surface area contributed by atoms with Crippen LogP contribution in [0.2, 0.25) is 0 Å². The highest BCUT2D eigenvalue weighted by atomic mass is 16.3. The highest BCUT2D eigenvalue weighted by molar-refractivity contribution is 5.54. The summed E-state index contributed by atoms with van der Waals surface area (Å²) in [6.45, 7) is 14.0. The molecule has 0 spiro atoms. The molecule has 1 aromatic rings. The zero-order chi connectivity index (χ0) is 17.3. The maximum absolute atomic E-state index is 10.6. The Labute approximate surface area is 135 Å². The van der Waals surface area contributed by atoms with Gasteiger partial charge in [0.25, 0.3) is 0 Å². The van der Waals surface area contributed by atoms with Crippen LogP contribution in [0.5, 0.6) is 5.75 Å². The molecule has 0 radical (unpaired) electrons. The molecule has 0 heterocycles. The van der Waals surface area contributed by atoms with Crippen LogP contribution in [0, 0.1) is 0 Å². The predicted molar refractivity (Wildman–Crippen MR) is 94.3 cm³/mol. The molecule has 0 unspecified atom stereocenters. The molecule has 1 aromatic carbocycles. The minimum absolute atomic E-state index is 0.200. The van der Waals surface area contributed by atoms with Crippen LogP contribution in [-0.2, 0) is 16.2 Å². The van der Waals surface area contributed by atoms with Crippen molar-refractivity contribution in [3.05, 3.63) is 28.8 Å². The van der Waals surface area contributed by atoms with Gasteiger partial charge in [-0.05, 0) is 17.2 Å². The molecule has 126 valence electrons. The molecule has 7 N–H and O–H groups in total. The first kappa shape index (κ1) is 18.9. The van der Waals surface area contributed by atoms with Crippen molar-refractivity contribution < 1.29 is 5.11 Å². The summed E-state index contributed by atoms with van der Waals surface area (Å²) >= 11 is 0. The fourth-order valence-corrected chi connectivity index (χ4v) is 2.86. The van der Waals surface area contributed by atoms with E-state index >= 15 is 0 Å².